The quantitative estimate of drug-likeness (QED) is 0.603. The van der Waals surface area contributed by atoms with Crippen molar-refractivity contribution >= 4 is 58.3 Å². The van der Waals surface area contributed by atoms with Crippen molar-refractivity contribution in [2.24, 2.45) is 0 Å². The van der Waals surface area contributed by atoms with Gasteiger partial charge >= 0.3 is 0 Å². The lowest BCUT2D eigenvalue weighted by atomic mass is 10.1. The first-order valence-electron chi connectivity index (χ1n) is 3.57. The Balaban J connectivity index is 3.80. The Bertz CT molecular complexity index is 456. The third kappa shape index (κ3) is 2.06. The van der Waals surface area contributed by atoms with E-state index < -0.39 is 43.2 Å². The zero-order valence-corrected chi connectivity index (χ0v) is 10.2. The van der Waals surface area contributed by atoms with Crippen LogP contribution in [0.1, 0.15) is 20.7 Å². The number of benzene rings is 1. The highest BCUT2D eigenvalue weighted by Gasteiger charge is 2.21. The number of carboxylic acids is 2. The van der Waals surface area contributed by atoms with Crippen molar-refractivity contribution in [3.63, 3.8) is 0 Å². The molecule has 0 atom stereocenters. The molecule has 0 radical (unpaired) electrons. The van der Waals surface area contributed by atoms with E-state index in [1.807, 2.05) is 0 Å². The van der Waals surface area contributed by atoms with Gasteiger partial charge in [0.1, 0.15) is 0 Å². The standard InChI is InChI=1S/C8H2Cl4O4/c9-3-1(7(13)14)4(10)6(12)5(11)2(3)8(15)16/h(H,13,14)(H,15,16)/p-2. The first-order valence-corrected chi connectivity index (χ1v) is 5.08. The van der Waals surface area contributed by atoms with E-state index in [0.717, 1.165) is 0 Å². The maximum absolute atomic E-state index is 10.7. The summed E-state index contributed by atoms with van der Waals surface area (Å²) in [6.45, 7) is 0. The van der Waals surface area contributed by atoms with Gasteiger partial charge in [-0.2, -0.15) is 0 Å². The zero-order valence-electron chi connectivity index (χ0n) is 7.14. The summed E-state index contributed by atoms with van der Waals surface area (Å²) in [5.74, 6) is -3.54. The largest absolute Gasteiger partial charge is 0.545 e. The fraction of sp³-hybridized carbons (Fsp3) is 0. The maximum atomic E-state index is 10.7. The summed E-state index contributed by atoms with van der Waals surface area (Å²) in [4.78, 5) is 21.4. The van der Waals surface area contributed by atoms with E-state index in [9.17, 15) is 19.8 Å². The van der Waals surface area contributed by atoms with Crippen molar-refractivity contribution in [3.05, 3.63) is 31.2 Å². The Labute approximate surface area is 109 Å². The average molecular weight is 302 g/mol. The predicted octanol–water partition coefficient (Wildman–Crippen LogP) is 1.03. The van der Waals surface area contributed by atoms with Crippen LogP contribution in [0.5, 0.6) is 0 Å². The molecule has 8 heteroatoms. The summed E-state index contributed by atoms with van der Waals surface area (Å²) < 4.78 is 0. The van der Waals surface area contributed by atoms with Gasteiger partial charge in [0.25, 0.3) is 0 Å². The summed E-state index contributed by atoms with van der Waals surface area (Å²) in [5.41, 5.74) is -1.48. The molecular formula is C8Cl4O4-2. The van der Waals surface area contributed by atoms with Crippen LogP contribution in [0.3, 0.4) is 0 Å². The molecule has 1 aromatic carbocycles. The van der Waals surface area contributed by atoms with Gasteiger partial charge in [-0.25, -0.2) is 0 Å². The van der Waals surface area contributed by atoms with Crippen molar-refractivity contribution in [3.8, 4) is 0 Å². The van der Waals surface area contributed by atoms with Crippen LogP contribution in [0.4, 0.5) is 0 Å². The van der Waals surface area contributed by atoms with Gasteiger partial charge in [0, 0.05) is 11.1 Å². The van der Waals surface area contributed by atoms with Gasteiger partial charge in [0.2, 0.25) is 0 Å². The Morgan fingerprint density at radius 2 is 1.00 bits per heavy atom. The Hall–Kier alpha value is -0.680. The molecule has 1 rings (SSSR count). The van der Waals surface area contributed by atoms with Gasteiger partial charge in [-0.1, -0.05) is 46.4 Å². The van der Waals surface area contributed by atoms with Crippen LogP contribution in [0, 0.1) is 0 Å². The number of carboxylic acid groups (broad SMARTS) is 2. The van der Waals surface area contributed by atoms with Gasteiger partial charge < -0.3 is 19.8 Å². The lowest BCUT2D eigenvalue weighted by Gasteiger charge is -2.16. The van der Waals surface area contributed by atoms with Crippen molar-refractivity contribution in [2.45, 2.75) is 0 Å². The summed E-state index contributed by atoms with van der Waals surface area (Å²) in [5, 5.41) is 19.3. The van der Waals surface area contributed by atoms with Gasteiger partial charge in [-0.3, -0.25) is 0 Å². The van der Waals surface area contributed by atoms with E-state index in [1.165, 1.54) is 0 Å². The van der Waals surface area contributed by atoms with Crippen LogP contribution >= 0.6 is 46.4 Å². The van der Waals surface area contributed by atoms with Crippen molar-refractivity contribution in [1.29, 1.82) is 0 Å². The van der Waals surface area contributed by atoms with E-state index >= 15 is 0 Å². The molecule has 0 unspecified atom stereocenters. The number of hydrogen-bond acceptors (Lipinski definition) is 4. The third-order valence-corrected chi connectivity index (χ3v) is 3.38. The molecule has 0 aromatic heterocycles. The molecule has 86 valence electrons. The lowest BCUT2D eigenvalue weighted by molar-refractivity contribution is -0.255. The van der Waals surface area contributed by atoms with Crippen molar-refractivity contribution in [2.75, 3.05) is 0 Å². The number of carbonyl (C=O) groups is 2. The second-order valence-corrected chi connectivity index (χ2v) is 4.09. The highest BCUT2D eigenvalue weighted by atomic mass is 35.5. The molecule has 0 aliphatic carbocycles. The molecule has 0 aliphatic rings. The third-order valence-electron chi connectivity index (χ3n) is 1.67. The molecule has 0 N–H and O–H groups in total. The Kier molecular flexibility index (Phi) is 3.91. The van der Waals surface area contributed by atoms with E-state index in [-0.39, 0.29) is 0 Å². The molecule has 0 heterocycles. The second kappa shape index (κ2) is 4.67. The van der Waals surface area contributed by atoms with Gasteiger partial charge in [0.15, 0.2) is 0 Å². The highest BCUT2D eigenvalue weighted by Crippen LogP contribution is 2.40. The Morgan fingerprint density at radius 3 is 1.25 bits per heavy atom. The molecule has 0 saturated heterocycles. The highest BCUT2D eigenvalue weighted by molar-refractivity contribution is 6.52. The van der Waals surface area contributed by atoms with Crippen LogP contribution in [-0.4, -0.2) is 11.9 Å². The number of rotatable bonds is 2. The number of halogens is 4. The average Bonchev–Trinajstić information content (AvgIpc) is 2.13. The minimum Gasteiger partial charge on any atom is -0.545 e. The predicted molar refractivity (Wildman–Crippen MR) is 55.1 cm³/mol. The number of hydrogen-bond donors (Lipinski definition) is 0. The van der Waals surface area contributed by atoms with E-state index in [0.29, 0.717) is 0 Å². The van der Waals surface area contributed by atoms with Gasteiger partial charge in [-0.05, 0) is 0 Å². The maximum Gasteiger partial charge on any atom is 0.0793 e. The van der Waals surface area contributed by atoms with Gasteiger partial charge in [-0.15, -0.1) is 0 Å². The van der Waals surface area contributed by atoms with Crippen LogP contribution in [0.15, 0.2) is 0 Å². The fourth-order valence-corrected chi connectivity index (χ4v) is 2.20. The first-order chi connectivity index (χ1) is 7.29. The minimum absolute atomic E-state index is 0.439. The summed E-state index contributed by atoms with van der Waals surface area (Å²) >= 11 is 22.1. The first kappa shape index (κ1) is 13.4. The topological polar surface area (TPSA) is 80.3 Å². The molecule has 0 amide bonds. The molecule has 0 bridgehead atoms. The number of aromatic carboxylic acids is 2. The SMILES string of the molecule is O=C([O-])c1c(Cl)c(Cl)c(Cl)c(C(=O)[O-])c1Cl. The zero-order chi connectivity index (χ0) is 12.6. The van der Waals surface area contributed by atoms with Crippen LogP contribution in [-0.2, 0) is 0 Å². The minimum atomic E-state index is -1.77. The molecule has 0 fully saturated rings. The molecule has 0 saturated carbocycles. The van der Waals surface area contributed by atoms with Crippen molar-refractivity contribution < 1.29 is 19.8 Å². The van der Waals surface area contributed by atoms with Crippen molar-refractivity contribution in [1.82, 2.24) is 0 Å². The molecule has 0 aliphatic heterocycles. The second-order valence-electron chi connectivity index (χ2n) is 2.58. The molecular weight excluding hydrogens is 302 g/mol. The monoisotopic (exact) mass is 300 g/mol. The van der Waals surface area contributed by atoms with Crippen LogP contribution in [0.25, 0.3) is 0 Å². The van der Waals surface area contributed by atoms with Gasteiger partial charge in [0.05, 0.1) is 32.0 Å². The smallest absolute Gasteiger partial charge is 0.0793 e. The van der Waals surface area contributed by atoms with Crippen LogP contribution in [0.2, 0.25) is 20.1 Å². The molecule has 0 spiro atoms. The van der Waals surface area contributed by atoms with Crippen LogP contribution < -0.4 is 10.2 Å². The van der Waals surface area contributed by atoms with E-state index in [2.05, 4.69) is 0 Å². The molecule has 16 heavy (non-hydrogen) atoms. The normalized spacial score (nSPS) is 10.2. The van der Waals surface area contributed by atoms with E-state index in [1.54, 1.807) is 0 Å². The van der Waals surface area contributed by atoms with E-state index in [4.69, 9.17) is 46.4 Å². The summed E-state index contributed by atoms with van der Waals surface area (Å²) in [6.07, 6.45) is 0. The molecule has 4 nitrogen and oxygen atoms in total. The number of carbonyl (C=O) groups excluding carboxylic acids is 2. The summed E-state index contributed by atoms with van der Waals surface area (Å²) in [7, 11) is 0. The Morgan fingerprint density at radius 1 is 0.688 bits per heavy atom. The fourth-order valence-electron chi connectivity index (χ4n) is 0.992. The summed E-state index contributed by atoms with van der Waals surface area (Å²) in [6, 6.07) is 0. The molecule has 1 aromatic rings. The lowest BCUT2D eigenvalue weighted by Crippen LogP contribution is -2.27.